The molecule has 1 aliphatic heterocycles. The number of hydrogen-bond acceptors (Lipinski definition) is 4. The van der Waals surface area contributed by atoms with E-state index in [1.54, 1.807) is 54.6 Å². The lowest BCUT2D eigenvalue weighted by Crippen LogP contribution is -2.35. The molecule has 32 heavy (non-hydrogen) atoms. The van der Waals surface area contributed by atoms with Crippen LogP contribution in [0.4, 0.5) is 11.4 Å². The Morgan fingerprint density at radius 1 is 1.00 bits per heavy atom. The Morgan fingerprint density at radius 3 is 2.38 bits per heavy atom. The Morgan fingerprint density at radius 2 is 1.69 bits per heavy atom. The van der Waals surface area contributed by atoms with Crippen LogP contribution in [0.25, 0.3) is 6.08 Å². The van der Waals surface area contributed by atoms with E-state index in [1.165, 1.54) is 11.1 Å². The van der Waals surface area contributed by atoms with Crippen molar-refractivity contribution in [2.75, 3.05) is 16.9 Å². The van der Waals surface area contributed by atoms with Crippen molar-refractivity contribution >= 4 is 51.1 Å². The average Bonchev–Trinajstić information content (AvgIpc) is 3.08. The fourth-order valence-electron chi connectivity index (χ4n) is 3.07. The molecule has 0 aliphatic carbocycles. The molecule has 160 valence electrons. The number of carbonyl (C=O) groups excluding carboxylic acids is 3. The van der Waals surface area contributed by atoms with Gasteiger partial charge in [0.2, 0.25) is 0 Å². The summed E-state index contributed by atoms with van der Waals surface area (Å²) in [4.78, 5) is 37.1. The lowest BCUT2D eigenvalue weighted by atomic mass is 10.1. The fourth-order valence-corrected chi connectivity index (χ4v) is 3.58. The number of ether oxygens (including phenoxy) is 1. The standard InChI is InChI=1S/C24H18BrN3O4/c25-20-14-16(11-12-21(20)32-15-22(29)26-17-7-3-1-4-8-17)13-19-23(30)27-28(24(19)31)18-9-5-2-6-10-18/h1-14H,15H2,(H,26,29)(H,27,30)/b19-13-. The van der Waals surface area contributed by atoms with E-state index in [9.17, 15) is 14.4 Å². The molecule has 1 saturated heterocycles. The van der Waals surface area contributed by atoms with Crippen LogP contribution >= 0.6 is 15.9 Å². The van der Waals surface area contributed by atoms with Crippen molar-refractivity contribution in [3.05, 3.63) is 94.5 Å². The lowest BCUT2D eigenvalue weighted by molar-refractivity contribution is -0.118. The van der Waals surface area contributed by atoms with Crippen molar-refractivity contribution in [2.45, 2.75) is 0 Å². The molecule has 0 unspecified atom stereocenters. The highest BCUT2D eigenvalue weighted by Crippen LogP contribution is 2.28. The summed E-state index contributed by atoms with van der Waals surface area (Å²) in [6, 6.07) is 23.0. The monoisotopic (exact) mass is 491 g/mol. The normalized spacial score (nSPS) is 14.4. The molecule has 7 nitrogen and oxygen atoms in total. The number of benzene rings is 3. The van der Waals surface area contributed by atoms with Crippen molar-refractivity contribution in [3.8, 4) is 5.75 Å². The average molecular weight is 492 g/mol. The molecule has 0 bridgehead atoms. The summed E-state index contributed by atoms with van der Waals surface area (Å²) in [7, 11) is 0. The third kappa shape index (κ3) is 4.87. The van der Waals surface area contributed by atoms with E-state index in [4.69, 9.17) is 4.74 Å². The molecule has 4 rings (SSSR count). The molecule has 1 heterocycles. The largest absolute Gasteiger partial charge is 0.483 e. The molecule has 3 aromatic carbocycles. The van der Waals surface area contributed by atoms with E-state index in [0.717, 1.165) is 0 Å². The molecule has 0 saturated carbocycles. The third-order valence-corrected chi connectivity index (χ3v) is 5.21. The SMILES string of the molecule is O=C(COc1ccc(/C=C2/C(=O)NN(c3ccccc3)C2=O)cc1Br)Nc1ccccc1. The van der Waals surface area contributed by atoms with Crippen LogP contribution in [0.15, 0.2) is 88.9 Å². The first-order chi connectivity index (χ1) is 15.5. The van der Waals surface area contributed by atoms with Gasteiger partial charge in [-0.2, -0.15) is 0 Å². The Labute approximate surface area is 192 Å². The maximum absolute atomic E-state index is 12.7. The Balaban J connectivity index is 1.43. The van der Waals surface area contributed by atoms with E-state index < -0.39 is 11.8 Å². The lowest BCUT2D eigenvalue weighted by Gasteiger charge is -2.13. The number of nitrogens with one attached hydrogen (secondary N) is 2. The highest BCUT2D eigenvalue weighted by molar-refractivity contribution is 9.10. The number of carbonyl (C=O) groups is 3. The number of hydrogen-bond donors (Lipinski definition) is 2. The van der Waals surface area contributed by atoms with Crippen molar-refractivity contribution in [2.24, 2.45) is 0 Å². The summed E-state index contributed by atoms with van der Waals surface area (Å²) in [6.45, 7) is -0.166. The van der Waals surface area contributed by atoms with E-state index in [0.29, 0.717) is 27.2 Å². The summed E-state index contributed by atoms with van der Waals surface area (Å²) >= 11 is 3.41. The van der Waals surface area contributed by atoms with Crippen LogP contribution in [-0.4, -0.2) is 24.3 Å². The molecule has 0 atom stereocenters. The number of amides is 3. The first-order valence-electron chi connectivity index (χ1n) is 9.71. The first-order valence-corrected chi connectivity index (χ1v) is 10.5. The number of rotatable bonds is 6. The van der Waals surface area contributed by atoms with Gasteiger partial charge in [0.25, 0.3) is 17.7 Å². The van der Waals surface area contributed by atoms with Gasteiger partial charge in [-0.25, -0.2) is 5.01 Å². The maximum atomic E-state index is 12.7. The fraction of sp³-hybridized carbons (Fsp3) is 0.0417. The third-order valence-electron chi connectivity index (χ3n) is 4.59. The quantitative estimate of drug-likeness (QED) is 0.404. The van der Waals surface area contributed by atoms with Gasteiger partial charge >= 0.3 is 0 Å². The molecule has 0 aromatic heterocycles. The van der Waals surface area contributed by atoms with Gasteiger partial charge in [0.15, 0.2) is 6.61 Å². The number of para-hydroxylation sites is 2. The van der Waals surface area contributed by atoms with Crippen LogP contribution in [-0.2, 0) is 14.4 Å². The second kappa shape index (κ2) is 9.49. The minimum atomic E-state index is -0.479. The van der Waals surface area contributed by atoms with Crippen LogP contribution in [0.3, 0.4) is 0 Å². The predicted octanol–water partition coefficient (Wildman–Crippen LogP) is 3.93. The van der Waals surface area contributed by atoms with Crippen LogP contribution in [0, 0.1) is 0 Å². The molecule has 0 spiro atoms. The van der Waals surface area contributed by atoms with Crippen molar-refractivity contribution < 1.29 is 19.1 Å². The first kappa shape index (κ1) is 21.3. The highest BCUT2D eigenvalue weighted by Gasteiger charge is 2.34. The number of halogens is 1. The second-order valence-electron chi connectivity index (χ2n) is 6.87. The van der Waals surface area contributed by atoms with Crippen LogP contribution in [0.2, 0.25) is 0 Å². The van der Waals surface area contributed by atoms with Gasteiger partial charge in [0, 0.05) is 5.69 Å². The number of anilines is 2. The zero-order valence-electron chi connectivity index (χ0n) is 16.7. The van der Waals surface area contributed by atoms with Gasteiger partial charge in [-0.15, -0.1) is 0 Å². The molecular formula is C24H18BrN3O4. The smallest absolute Gasteiger partial charge is 0.282 e. The molecule has 1 aliphatic rings. The Kier molecular flexibility index (Phi) is 6.32. The number of nitrogens with zero attached hydrogens (tertiary/aromatic N) is 1. The Bertz CT molecular complexity index is 1200. The molecule has 3 aromatic rings. The van der Waals surface area contributed by atoms with E-state index >= 15 is 0 Å². The molecular weight excluding hydrogens is 474 g/mol. The number of hydrazine groups is 1. The predicted molar refractivity (Wildman–Crippen MR) is 125 cm³/mol. The van der Waals surface area contributed by atoms with Crippen LogP contribution in [0.1, 0.15) is 5.56 Å². The topological polar surface area (TPSA) is 87.7 Å². The van der Waals surface area contributed by atoms with Crippen molar-refractivity contribution in [1.82, 2.24) is 5.43 Å². The highest BCUT2D eigenvalue weighted by atomic mass is 79.9. The molecule has 0 radical (unpaired) electrons. The van der Waals surface area contributed by atoms with Gasteiger partial charge in [-0.3, -0.25) is 19.8 Å². The van der Waals surface area contributed by atoms with E-state index in [-0.39, 0.29) is 18.1 Å². The zero-order chi connectivity index (χ0) is 22.5. The van der Waals surface area contributed by atoms with Crippen molar-refractivity contribution in [1.29, 1.82) is 0 Å². The molecule has 3 amide bonds. The van der Waals surface area contributed by atoms with Gasteiger partial charge in [-0.05, 0) is 64.0 Å². The minimum Gasteiger partial charge on any atom is -0.483 e. The Hall–Kier alpha value is -3.91. The van der Waals surface area contributed by atoms with Gasteiger partial charge in [0.05, 0.1) is 10.2 Å². The summed E-state index contributed by atoms with van der Waals surface area (Å²) in [5.74, 6) is -0.741. The summed E-state index contributed by atoms with van der Waals surface area (Å²) in [5.41, 5.74) is 4.48. The second-order valence-corrected chi connectivity index (χ2v) is 7.72. The van der Waals surface area contributed by atoms with Gasteiger partial charge in [0.1, 0.15) is 11.3 Å². The summed E-state index contributed by atoms with van der Waals surface area (Å²) in [6.07, 6.45) is 1.51. The molecule has 2 N–H and O–H groups in total. The minimum absolute atomic E-state index is 0.0247. The van der Waals surface area contributed by atoms with Gasteiger partial charge in [-0.1, -0.05) is 42.5 Å². The van der Waals surface area contributed by atoms with Gasteiger partial charge < -0.3 is 10.1 Å². The van der Waals surface area contributed by atoms with E-state index in [1.807, 2.05) is 24.3 Å². The van der Waals surface area contributed by atoms with Crippen LogP contribution in [0.5, 0.6) is 5.75 Å². The van der Waals surface area contributed by atoms with E-state index in [2.05, 4.69) is 26.7 Å². The molecule has 1 fully saturated rings. The van der Waals surface area contributed by atoms with Crippen LogP contribution < -0.4 is 20.5 Å². The zero-order valence-corrected chi connectivity index (χ0v) is 18.3. The summed E-state index contributed by atoms with van der Waals surface area (Å²) < 4.78 is 6.17. The molecule has 8 heteroatoms. The van der Waals surface area contributed by atoms with Crippen molar-refractivity contribution in [3.63, 3.8) is 0 Å². The maximum Gasteiger partial charge on any atom is 0.282 e. The summed E-state index contributed by atoms with van der Waals surface area (Å²) in [5, 5.41) is 3.96.